The minimum Gasteiger partial charge on any atom is -0.338 e. The lowest BCUT2D eigenvalue weighted by molar-refractivity contribution is -0.133. The fourth-order valence-electron chi connectivity index (χ4n) is 1.87. The van der Waals surface area contributed by atoms with Crippen molar-refractivity contribution >= 4 is 11.9 Å². The molecule has 1 unspecified atom stereocenters. The average molecular weight is 240 g/mol. The van der Waals surface area contributed by atoms with Gasteiger partial charge >= 0.3 is 6.03 Å². The molecule has 2 fully saturated rings. The van der Waals surface area contributed by atoms with E-state index < -0.39 is 6.04 Å². The van der Waals surface area contributed by atoms with Crippen LogP contribution in [-0.2, 0) is 4.79 Å². The Morgan fingerprint density at radius 2 is 1.94 bits per heavy atom. The second kappa shape index (κ2) is 5.35. The lowest BCUT2D eigenvalue weighted by atomic mass is 10.2. The van der Waals surface area contributed by atoms with Gasteiger partial charge in [-0.25, -0.2) is 4.79 Å². The minimum atomic E-state index is -0.452. The monoisotopic (exact) mass is 240 g/mol. The zero-order chi connectivity index (χ0) is 12.3. The van der Waals surface area contributed by atoms with Crippen LogP contribution in [-0.4, -0.2) is 55.1 Å². The van der Waals surface area contributed by atoms with Crippen molar-refractivity contribution in [3.63, 3.8) is 0 Å². The molecule has 0 aromatic heterocycles. The Kier molecular flexibility index (Phi) is 3.83. The summed E-state index contributed by atoms with van der Waals surface area (Å²) >= 11 is 0. The lowest BCUT2D eigenvalue weighted by Gasteiger charge is -2.30. The summed E-state index contributed by atoms with van der Waals surface area (Å²) in [7, 11) is 0. The van der Waals surface area contributed by atoms with Gasteiger partial charge in [-0.2, -0.15) is 0 Å². The molecule has 17 heavy (non-hydrogen) atoms. The number of hydrogen-bond acceptors (Lipinski definition) is 3. The van der Waals surface area contributed by atoms with Crippen LogP contribution in [0.3, 0.4) is 0 Å². The van der Waals surface area contributed by atoms with E-state index in [1.807, 2.05) is 0 Å². The van der Waals surface area contributed by atoms with Gasteiger partial charge in [0, 0.05) is 32.2 Å². The molecule has 2 rings (SSSR count). The molecule has 0 spiro atoms. The van der Waals surface area contributed by atoms with Gasteiger partial charge in [-0.15, -0.1) is 0 Å². The van der Waals surface area contributed by atoms with Crippen LogP contribution >= 0.6 is 0 Å². The number of piperazine rings is 1. The topological polar surface area (TPSA) is 73.5 Å². The van der Waals surface area contributed by atoms with Crippen LogP contribution < -0.4 is 16.0 Å². The molecule has 1 atom stereocenters. The standard InChI is InChI=1S/C11H20N4O2/c1-8(13-11(17)14-9-2-3-9)10(16)15-6-4-12-5-7-15/h8-9,12H,2-7H2,1H3,(H2,13,14,17). The molecule has 3 N–H and O–H groups in total. The van der Waals surface area contributed by atoms with Crippen LogP contribution in [0.25, 0.3) is 0 Å². The smallest absolute Gasteiger partial charge is 0.315 e. The normalized spacial score (nSPS) is 21.8. The molecule has 1 aliphatic heterocycles. The largest absolute Gasteiger partial charge is 0.338 e. The van der Waals surface area contributed by atoms with Gasteiger partial charge in [0.15, 0.2) is 0 Å². The highest BCUT2D eigenvalue weighted by Crippen LogP contribution is 2.18. The van der Waals surface area contributed by atoms with Gasteiger partial charge in [0.1, 0.15) is 6.04 Å². The Morgan fingerprint density at radius 1 is 1.29 bits per heavy atom. The zero-order valence-electron chi connectivity index (χ0n) is 10.2. The summed E-state index contributed by atoms with van der Waals surface area (Å²) in [5, 5.41) is 8.69. The van der Waals surface area contributed by atoms with Gasteiger partial charge in [-0.05, 0) is 19.8 Å². The number of carbonyl (C=O) groups is 2. The van der Waals surface area contributed by atoms with Crippen LogP contribution in [0.2, 0.25) is 0 Å². The first-order chi connectivity index (χ1) is 8.16. The van der Waals surface area contributed by atoms with Crippen molar-refractivity contribution in [2.24, 2.45) is 0 Å². The summed E-state index contributed by atoms with van der Waals surface area (Å²) in [6, 6.07) is -0.369. The van der Waals surface area contributed by atoms with E-state index in [-0.39, 0.29) is 11.9 Å². The number of nitrogens with one attached hydrogen (secondary N) is 3. The first kappa shape index (κ1) is 12.2. The third kappa shape index (κ3) is 3.59. The Labute approximate surface area is 101 Å². The van der Waals surface area contributed by atoms with E-state index in [1.165, 1.54) is 0 Å². The van der Waals surface area contributed by atoms with Gasteiger partial charge in [0.05, 0.1) is 0 Å². The van der Waals surface area contributed by atoms with Crippen molar-refractivity contribution < 1.29 is 9.59 Å². The molecule has 96 valence electrons. The molecule has 0 aromatic rings. The van der Waals surface area contributed by atoms with E-state index in [4.69, 9.17) is 0 Å². The third-order valence-electron chi connectivity index (χ3n) is 3.06. The number of carbonyl (C=O) groups excluding carboxylic acids is 2. The van der Waals surface area contributed by atoms with Crippen LogP contribution in [0.15, 0.2) is 0 Å². The molecule has 1 saturated heterocycles. The number of amides is 3. The second-order valence-electron chi connectivity index (χ2n) is 4.69. The predicted molar refractivity (Wildman–Crippen MR) is 63.6 cm³/mol. The highest BCUT2D eigenvalue weighted by atomic mass is 16.2. The van der Waals surface area contributed by atoms with Crippen molar-refractivity contribution in [1.82, 2.24) is 20.9 Å². The van der Waals surface area contributed by atoms with Crippen LogP contribution in [0.5, 0.6) is 0 Å². The van der Waals surface area contributed by atoms with E-state index in [0.717, 1.165) is 39.0 Å². The SMILES string of the molecule is CC(NC(=O)NC1CC1)C(=O)N1CCNCC1. The van der Waals surface area contributed by atoms with Crippen molar-refractivity contribution in [3.05, 3.63) is 0 Å². The van der Waals surface area contributed by atoms with Crippen LogP contribution in [0.4, 0.5) is 4.79 Å². The van der Waals surface area contributed by atoms with Gasteiger partial charge < -0.3 is 20.9 Å². The maximum Gasteiger partial charge on any atom is 0.315 e. The summed E-state index contributed by atoms with van der Waals surface area (Å²) in [5.41, 5.74) is 0. The van der Waals surface area contributed by atoms with Gasteiger partial charge in [-0.3, -0.25) is 4.79 Å². The number of nitrogens with zero attached hydrogens (tertiary/aromatic N) is 1. The number of urea groups is 1. The van der Waals surface area contributed by atoms with Crippen molar-refractivity contribution in [2.75, 3.05) is 26.2 Å². The summed E-state index contributed by atoms with van der Waals surface area (Å²) < 4.78 is 0. The number of rotatable bonds is 3. The molecule has 0 radical (unpaired) electrons. The molecule has 0 bridgehead atoms. The zero-order valence-corrected chi connectivity index (χ0v) is 10.2. The molecular weight excluding hydrogens is 220 g/mol. The molecule has 1 aliphatic carbocycles. The Morgan fingerprint density at radius 3 is 2.53 bits per heavy atom. The van der Waals surface area contributed by atoms with Crippen molar-refractivity contribution in [2.45, 2.75) is 31.8 Å². The third-order valence-corrected chi connectivity index (χ3v) is 3.06. The minimum absolute atomic E-state index is 0.00236. The molecule has 1 heterocycles. The average Bonchev–Trinajstić information content (AvgIpc) is 3.12. The second-order valence-corrected chi connectivity index (χ2v) is 4.69. The maximum atomic E-state index is 12.0. The molecule has 3 amide bonds. The maximum absolute atomic E-state index is 12.0. The van der Waals surface area contributed by atoms with E-state index in [1.54, 1.807) is 11.8 Å². The van der Waals surface area contributed by atoms with E-state index in [2.05, 4.69) is 16.0 Å². The molecule has 2 aliphatic rings. The van der Waals surface area contributed by atoms with E-state index in [9.17, 15) is 9.59 Å². The fourth-order valence-corrected chi connectivity index (χ4v) is 1.87. The van der Waals surface area contributed by atoms with Gasteiger partial charge in [0.2, 0.25) is 5.91 Å². The quantitative estimate of drug-likeness (QED) is 0.609. The molecule has 1 saturated carbocycles. The highest BCUT2D eigenvalue weighted by Gasteiger charge is 2.26. The molecular formula is C11H20N4O2. The first-order valence-electron chi connectivity index (χ1n) is 6.23. The fraction of sp³-hybridized carbons (Fsp3) is 0.818. The van der Waals surface area contributed by atoms with Gasteiger partial charge in [0.25, 0.3) is 0 Å². The summed E-state index contributed by atoms with van der Waals surface area (Å²) in [6.45, 7) is 4.82. The highest BCUT2D eigenvalue weighted by molar-refractivity contribution is 5.86. The Hall–Kier alpha value is -1.30. The Bertz CT molecular complexity index is 298. The van der Waals surface area contributed by atoms with Crippen molar-refractivity contribution in [1.29, 1.82) is 0 Å². The van der Waals surface area contributed by atoms with Gasteiger partial charge in [-0.1, -0.05) is 0 Å². The summed E-state index contributed by atoms with van der Waals surface area (Å²) in [5.74, 6) is -0.00236. The summed E-state index contributed by atoms with van der Waals surface area (Å²) in [4.78, 5) is 25.3. The molecule has 6 heteroatoms. The lowest BCUT2D eigenvalue weighted by Crippen LogP contribution is -2.54. The van der Waals surface area contributed by atoms with Crippen LogP contribution in [0, 0.1) is 0 Å². The summed E-state index contributed by atoms with van der Waals surface area (Å²) in [6.07, 6.45) is 2.10. The molecule has 0 aromatic carbocycles. The van der Waals surface area contributed by atoms with E-state index >= 15 is 0 Å². The molecule has 6 nitrogen and oxygen atoms in total. The first-order valence-corrected chi connectivity index (χ1v) is 6.23. The van der Waals surface area contributed by atoms with Crippen molar-refractivity contribution in [3.8, 4) is 0 Å². The predicted octanol–water partition coefficient (Wildman–Crippen LogP) is -0.732. The number of hydrogen-bond donors (Lipinski definition) is 3. The Balaban J connectivity index is 1.74. The van der Waals surface area contributed by atoms with E-state index in [0.29, 0.717) is 6.04 Å². The van der Waals surface area contributed by atoms with Crippen LogP contribution in [0.1, 0.15) is 19.8 Å².